The number of hydrogen-bond acceptors (Lipinski definition) is 0. The zero-order chi connectivity index (χ0) is 5.84. The summed E-state index contributed by atoms with van der Waals surface area (Å²) in [6, 6.07) is 0. The van der Waals surface area contributed by atoms with Crippen LogP contribution in [0.3, 0.4) is 0 Å². The molecule has 9 heavy (non-hydrogen) atoms. The van der Waals surface area contributed by atoms with Crippen molar-refractivity contribution in [2.75, 3.05) is 0 Å². The quantitative estimate of drug-likeness (QED) is 0.424. The average molecular weight is 116 g/mol. The van der Waals surface area contributed by atoms with Crippen molar-refractivity contribution in [1.29, 1.82) is 0 Å². The maximum absolute atomic E-state index is 2.40. The van der Waals surface area contributed by atoms with Crippen LogP contribution in [0, 0.1) is 17.8 Å². The predicted molar refractivity (Wildman–Crippen MR) is 36.8 cm³/mol. The maximum atomic E-state index is 2.40. The molecule has 0 heterocycles. The highest BCUT2D eigenvalue weighted by Crippen LogP contribution is 2.53. The zero-order valence-corrected chi connectivity index (χ0v) is 5.12. The minimum absolute atomic E-state index is 0.648. The Morgan fingerprint density at radius 1 is 0.889 bits per heavy atom. The molecule has 0 aromatic rings. The second-order valence-corrected chi connectivity index (χ2v) is 3.07. The summed E-state index contributed by atoms with van der Waals surface area (Å²) in [7, 11) is 0. The van der Waals surface area contributed by atoms with E-state index in [2.05, 4.69) is 30.4 Å². The Morgan fingerprint density at radius 3 is 2.11 bits per heavy atom. The van der Waals surface area contributed by atoms with E-state index < -0.39 is 0 Å². The van der Waals surface area contributed by atoms with Crippen LogP contribution < -0.4 is 0 Å². The van der Waals surface area contributed by atoms with Crippen LogP contribution in [0.15, 0.2) is 36.0 Å². The summed E-state index contributed by atoms with van der Waals surface area (Å²) < 4.78 is 0. The molecule has 2 atom stereocenters. The molecule has 2 bridgehead atoms. The molecule has 0 N–H and O–H groups in total. The Morgan fingerprint density at radius 2 is 1.56 bits per heavy atom. The first-order valence-electron chi connectivity index (χ1n) is 3.53. The molecule has 3 aliphatic rings. The maximum Gasteiger partial charge on any atom is 0.0131 e. The lowest BCUT2D eigenvalue weighted by Gasteiger charge is -2.03. The standard InChI is InChI=1S/C9H8/c1-3-7-8-4-2-6(1)5-9(7)8/h1-8H. The normalized spacial score (nSPS) is 48.9. The van der Waals surface area contributed by atoms with Crippen LogP contribution in [-0.4, -0.2) is 0 Å². The van der Waals surface area contributed by atoms with Gasteiger partial charge in [-0.1, -0.05) is 36.0 Å². The van der Waals surface area contributed by atoms with Gasteiger partial charge in [-0.15, -0.1) is 0 Å². The van der Waals surface area contributed by atoms with Gasteiger partial charge in [0.15, 0.2) is 0 Å². The fraction of sp³-hybridized carbons (Fsp3) is 0.333. The second-order valence-electron chi connectivity index (χ2n) is 3.07. The summed E-state index contributed by atoms with van der Waals surface area (Å²) in [5, 5.41) is 0. The van der Waals surface area contributed by atoms with Crippen LogP contribution in [0.4, 0.5) is 0 Å². The molecule has 1 fully saturated rings. The molecule has 2 unspecified atom stereocenters. The number of fused-ring (bicyclic) bond motifs is 2. The van der Waals surface area contributed by atoms with Crippen LogP contribution >= 0.6 is 0 Å². The molecular weight excluding hydrogens is 108 g/mol. The van der Waals surface area contributed by atoms with E-state index in [1.54, 1.807) is 5.57 Å². The van der Waals surface area contributed by atoms with E-state index in [9.17, 15) is 0 Å². The highest BCUT2D eigenvalue weighted by Gasteiger charge is 2.43. The fourth-order valence-corrected chi connectivity index (χ4v) is 1.90. The van der Waals surface area contributed by atoms with Crippen molar-refractivity contribution >= 4 is 0 Å². The molecule has 0 saturated heterocycles. The lowest BCUT2D eigenvalue weighted by Crippen LogP contribution is -1.89. The Kier molecular flexibility index (Phi) is 0.484. The lowest BCUT2D eigenvalue weighted by molar-refractivity contribution is 1.00. The van der Waals surface area contributed by atoms with Gasteiger partial charge < -0.3 is 0 Å². The van der Waals surface area contributed by atoms with Crippen LogP contribution in [0.1, 0.15) is 0 Å². The molecule has 3 aliphatic carbocycles. The highest BCUT2D eigenvalue weighted by atomic mass is 14.5. The van der Waals surface area contributed by atoms with Crippen molar-refractivity contribution in [2.45, 2.75) is 0 Å². The first-order chi connectivity index (χ1) is 4.45. The summed E-state index contributed by atoms with van der Waals surface area (Å²) in [6.07, 6.45) is 11.7. The zero-order valence-electron chi connectivity index (χ0n) is 5.12. The Hall–Kier alpha value is -0.780. The average Bonchev–Trinajstić information content (AvgIpc) is 2.62. The largest absolute Gasteiger partial charge is 0.0795 e. The Balaban J connectivity index is 2.23. The van der Waals surface area contributed by atoms with E-state index in [1.165, 1.54) is 0 Å². The number of allylic oxidation sites excluding steroid dienone is 6. The fourth-order valence-electron chi connectivity index (χ4n) is 1.90. The van der Waals surface area contributed by atoms with Gasteiger partial charge in [-0.25, -0.2) is 0 Å². The van der Waals surface area contributed by atoms with Crippen LogP contribution in [-0.2, 0) is 0 Å². The minimum Gasteiger partial charge on any atom is -0.0795 e. The SMILES string of the molecule is C1=CC2C3=CC1C=CC32. The molecule has 1 saturated carbocycles. The third kappa shape index (κ3) is 0.365. The highest BCUT2D eigenvalue weighted by molar-refractivity contribution is 5.48. The number of hydrogen-bond donors (Lipinski definition) is 0. The van der Waals surface area contributed by atoms with Gasteiger partial charge in [0.05, 0.1) is 0 Å². The van der Waals surface area contributed by atoms with Gasteiger partial charge in [-0.05, 0) is 0 Å². The van der Waals surface area contributed by atoms with Gasteiger partial charge in [0, 0.05) is 17.8 Å². The summed E-state index contributed by atoms with van der Waals surface area (Å²) in [5.41, 5.74) is 1.67. The van der Waals surface area contributed by atoms with Gasteiger partial charge in [0.2, 0.25) is 0 Å². The van der Waals surface area contributed by atoms with Gasteiger partial charge in [-0.3, -0.25) is 0 Å². The second kappa shape index (κ2) is 1.06. The van der Waals surface area contributed by atoms with Crippen LogP contribution in [0.25, 0.3) is 0 Å². The van der Waals surface area contributed by atoms with Crippen LogP contribution in [0.5, 0.6) is 0 Å². The van der Waals surface area contributed by atoms with Crippen molar-refractivity contribution in [3.8, 4) is 0 Å². The Bertz CT molecular complexity index is 221. The molecule has 0 nitrogen and oxygen atoms in total. The molecule has 0 heteroatoms. The first kappa shape index (κ1) is 4.10. The van der Waals surface area contributed by atoms with Crippen molar-refractivity contribution in [3.63, 3.8) is 0 Å². The summed E-state index contributed by atoms with van der Waals surface area (Å²) in [4.78, 5) is 0. The van der Waals surface area contributed by atoms with E-state index in [0.29, 0.717) is 5.92 Å². The van der Waals surface area contributed by atoms with Crippen molar-refractivity contribution in [3.05, 3.63) is 36.0 Å². The molecule has 0 aliphatic heterocycles. The molecule has 0 amide bonds. The smallest absolute Gasteiger partial charge is 0.0131 e. The lowest BCUT2D eigenvalue weighted by atomic mass is 10.0. The van der Waals surface area contributed by atoms with E-state index in [-0.39, 0.29) is 0 Å². The first-order valence-corrected chi connectivity index (χ1v) is 3.53. The molecule has 0 aromatic carbocycles. The van der Waals surface area contributed by atoms with Crippen molar-refractivity contribution in [1.82, 2.24) is 0 Å². The third-order valence-corrected chi connectivity index (χ3v) is 2.51. The molecule has 0 spiro atoms. The van der Waals surface area contributed by atoms with E-state index >= 15 is 0 Å². The van der Waals surface area contributed by atoms with Crippen molar-refractivity contribution < 1.29 is 0 Å². The van der Waals surface area contributed by atoms with Gasteiger partial charge in [0.1, 0.15) is 0 Å². The van der Waals surface area contributed by atoms with Crippen LogP contribution in [0.2, 0.25) is 0 Å². The van der Waals surface area contributed by atoms with E-state index in [0.717, 1.165) is 11.8 Å². The summed E-state index contributed by atoms with van der Waals surface area (Å²) >= 11 is 0. The van der Waals surface area contributed by atoms with Crippen molar-refractivity contribution in [2.24, 2.45) is 17.8 Å². The monoisotopic (exact) mass is 116 g/mol. The summed E-state index contributed by atoms with van der Waals surface area (Å²) in [6.45, 7) is 0. The number of rotatable bonds is 0. The van der Waals surface area contributed by atoms with Gasteiger partial charge >= 0.3 is 0 Å². The third-order valence-electron chi connectivity index (χ3n) is 2.51. The molecule has 0 aromatic heterocycles. The molecule has 3 rings (SSSR count). The predicted octanol–water partition coefficient (Wildman–Crippen LogP) is 1.91. The molecule has 44 valence electrons. The topological polar surface area (TPSA) is 0 Å². The summed E-state index contributed by atoms with van der Waals surface area (Å²) in [5.74, 6) is 2.29. The van der Waals surface area contributed by atoms with Gasteiger partial charge in [-0.2, -0.15) is 0 Å². The van der Waals surface area contributed by atoms with Gasteiger partial charge in [0.25, 0.3) is 0 Å². The minimum atomic E-state index is 0.648. The molecular formula is C9H8. The van der Waals surface area contributed by atoms with E-state index in [4.69, 9.17) is 0 Å². The molecule has 0 radical (unpaired) electrons. The Labute approximate surface area is 54.6 Å². The van der Waals surface area contributed by atoms with E-state index in [1.807, 2.05) is 0 Å².